The highest BCUT2D eigenvalue weighted by Crippen LogP contribution is 2.38. The molecule has 2 unspecified atom stereocenters. The van der Waals surface area contributed by atoms with Gasteiger partial charge in [0, 0.05) is 13.0 Å². The van der Waals surface area contributed by atoms with Crippen LogP contribution in [0.2, 0.25) is 0 Å². The van der Waals surface area contributed by atoms with Gasteiger partial charge in [-0.2, -0.15) is 0 Å². The number of esters is 1. The first-order chi connectivity index (χ1) is 24.6. The van der Waals surface area contributed by atoms with Gasteiger partial charge in [-0.15, -0.1) is 0 Å². The number of hydrogen-bond acceptors (Lipinski definition) is 7. The predicted octanol–water partition coefficient (Wildman–Crippen LogP) is 11.4. The molecule has 0 aliphatic carbocycles. The Kier molecular flexibility index (Phi) is 35.3. The number of carbonyl (C=O) groups is 1. The van der Waals surface area contributed by atoms with Crippen LogP contribution in [0.4, 0.5) is 0 Å². The van der Waals surface area contributed by atoms with Crippen LogP contribution >= 0.6 is 7.82 Å². The first kappa shape index (κ1) is 50.0. The topological polar surface area (TPSA) is 94.1 Å². The van der Waals surface area contributed by atoms with Crippen molar-refractivity contribution in [2.24, 2.45) is 0 Å². The Morgan fingerprint density at radius 1 is 0.588 bits per heavy atom. The quantitative estimate of drug-likeness (QED) is 0.0203. The number of ether oxygens (including phenoxy) is 2. The highest BCUT2D eigenvalue weighted by molar-refractivity contribution is 7.45. The van der Waals surface area contributed by atoms with Gasteiger partial charge < -0.3 is 27.9 Å². The molecule has 0 rings (SSSR count). The Morgan fingerprint density at radius 2 is 1.06 bits per heavy atom. The first-order valence-electron chi connectivity index (χ1n) is 21.1. The van der Waals surface area contributed by atoms with E-state index in [2.05, 4.69) is 38.2 Å². The Hall–Kier alpha value is -1.02. The fourth-order valence-electron chi connectivity index (χ4n) is 5.66. The van der Waals surface area contributed by atoms with Gasteiger partial charge in [-0.25, -0.2) is 0 Å². The standard InChI is InChI=1S/C42H82NO7P/c1-6-8-10-12-14-16-18-19-20-21-22-23-24-25-26-28-30-32-34-37-47-39-41(40-49-51(45,46)48-38-36-43(3,4)5)50-42(44)35-33-31-29-27-17-15-13-11-9-7-2/h11,13,20-21,41H,6-10,12,14-19,22-40H2,1-5H3/b13-11-,21-20-. The second-order valence-electron chi connectivity index (χ2n) is 15.3. The van der Waals surface area contributed by atoms with Crippen molar-refractivity contribution in [1.29, 1.82) is 0 Å². The molecule has 0 aliphatic heterocycles. The van der Waals surface area contributed by atoms with Crippen LogP contribution in [-0.2, 0) is 27.9 Å². The molecule has 0 aromatic rings. The van der Waals surface area contributed by atoms with Crippen molar-refractivity contribution in [2.75, 3.05) is 54.1 Å². The predicted molar refractivity (Wildman–Crippen MR) is 213 cm³/mol. The molecule has 0 fully saturated rings. The van der Waals surface area contributed by atoms with E-state index < -0.39 is 13.9 Å². The smallest absolute Gasteiger partial charge is 0.306 e. The normalized spacial score (nSPS) is 14.1. The first-order valence-corrected chi connectivity index (χ1v) is 22.5. The van der Waals surface area contributed by atoms with Crippen LogP contribution in [0.3, 0.4) is 0 Å². The molecule has 2 atom stereocenters. The zero-order chi connectivity index (χ0) is 37.7. The summed E-state index contributed by atoms with van der Waals surface area (Å²) in [4.78, 5) is 24.9. The van der Waals surface area contributed by atoms with Gasteiger partial charge in [-0.3, -0.25) is 9.36 Å². The van der Waals surface area contributed by atoms with Gasteiger partial charge in [0.05, 0.1) is 34.4 Å². The minimum absolute atomic E-state index is 0.0248. The van der Waals surface area contributed by atoms with E-state index in [0.717, 1.165) is 51.4 Å². The number of unbranched alkanes of at least 4 members (excludes halogenated alkanes) is 21. The second kappa shape index (κ2) is 36.0. The number of hydrogen-bond donors (Lipinski definition) is 0. The molecule has 0 saturated carbocycles. The number of carbonyl (C=O) groups excluding carboxylic acids is 1. The van der Waals surface area contributed by atoms with E-state index in [1.807, 2.05) is 21.1 Å². The van der Waals surface area contributed by atoms with Crippen LogP contribution in [0, 0.1) is 0 Å². The Morgan fingerprint density at radius 3 is 1.57 bits per heavy atom. The molecule has 8 nitrogen and oxygen atoms in total. The molecule has 0 aromatic heterocycles. The lowest BCUT2D eigenvalue weighted by molar-refractivity contribution is -0.870. The molecule has 0 spiro atoms. The van der Waals surface area contributed by atoms with Gasteiger partial charge in [0.2, 0.25) is 0 Å². The maximum absolute atomic E-state index is 12.6. The van der Waals surface area contributed by atoms with E-state index >= 15 is 0 Å². The van der Waals surface area contributed by atoms with Gasteiger partial charge in [-0.1, -0.05) is 141 Å². The second-order valence-corrected chi connectivity index (χ2v) is 16.8. The third-order valence-corrected chi connectivity index (χ3v) is 9.92. The monoisotopic (exact) mass is 744 g/mol. The number of likely N-dealkylation sites (N-methyl/N-ethyl adjacent to an activating group) is 1. The molecule has 0 aliphatic rings. The molecular weight excluding hydrogens is 661 g/mol. The van der Waals surface area contributed by atoms with Crippen molar-refractivity contribution in [3.63, 3.8) is 0 Å². The summed E-state index contributed by atoms with van der Waals surface area (Å²) in [5, 5.41) is 0. The van der Waals surface area contributed by atoms with Crippen LogP contribution in [0.1, 0.15) is 181 Å². The molecule has 0 heterocycles. The summed E-state index contributed by atoms with van der Waals surface area (Å²) >= 11 is 0. The fraction of sp³-hybridized carbons (Fsp3) is 0.881. The highest BCUT2D eigenvalue weighted by atomic mass is 31.2. The van der Waals surface area contributed by atoms with Crippen LogP contribution in [0.15, 0.2) is 24.3 Å². The number of phosphoric ester groups is 1. The lowest BCUT2D eigenvalue weighted by Crippen LogP contribution is -2.37. The molecule has 0 aromatic carbocycles. The highest BCUT2D eigenvalue weighted by Gasteiger charge is 2.20. The van der Waals surface area contributed by atoms with E-state index in [-0.39, 0.29) is 25.8 Å². The zero-order valence-corrected chi connectivity index (χ0v) is 35.0. The van der Waals surface area contributed by atoms with Gasteiger partial charge in [0.25, 0.3) is 7.82 Å². The summed E-state index contributed by atoms with van der Waals surface area (Å²) in [6.45, 7) is 5.34. The Balaban J connectivity index is 4.17. The van der Waals surface area contributed by atoms with Crippen molar-refractivity contribution in [1.82, 2.24) is 0 Å². The third-order valence-electron chi connectivity index (χ3n) is 8.96. The minimum Gasteiger partial charge on any atom is -0.756 e. The lowest BCUT2D eigenvalue weighted by Gasteiger charge is -2.28. The van der Waals surface area contributed by atoms with Crippen LogP contribution in [0.25, 0.3) is 0 Å². The van der Waals surface area contributed by atoms with E-state index in [1.54, 1.807) is 0 Å². The maximum atomic E-state index is 12.6. The number of rotatable bonds is 39. The van der Waals surface area contributed by atoms with Crippen molar-refractivity contribution < 1.29 is 37.3 Å². The molecule has 302 valence electrons. The molecule has 0 saturated heterocycles. The molecule has 0 N–H and O–H groups in total. The van der Waals surface area contributed by atoms with E-state index in [1.165, 1.54) is 109 Å². The summed E-state index contributed by atoms with van der Waals surface area (Å²) in [7, 11) is 1.35. The molecule has 0 radical (unpaired) electrons. The average Bonchev–Trinajstić information content (AvgIpc) is 3.08. The molecular formula is C42H82NO7P. The fourth-order valence-corrected chi connectivity index (χ4v) is 6.39. The van der Waals surface area contributed by atoms with Crippen LogP contribution in [-0.4, -0.2) is 70.7 Å². The van der Waals surface area contributed by atoms with E-state index in [0.29, 0.717) is 24.1 Å². The van der Waals surface area contributed by atoms with Gasteiger partial charge in [-0.05, 0) is 57.8 Å². The van der Waals surface area contributed by atoms with Gasteiger partial charge in [0.1, 0.15) is 19.3 Å². The van der Waals surface area contributed by atoms with Crippen molar-refractivity contribution in [3.05, 3.63) is 24.3 Å². The van der Waals surface area contributed by atoms with E-state index in [4.69, 9.17) is 18.5 Å². The molecule has 0 bridgehead atoms. The summed E-state index contributed by atoms with van der Waals surface area (Å²) in [6.07, 6.45) is 39.1. The summed E-state index contributed by atoms with van der Waals surface area (Å²) in [6, 6.07) is 0. The summed E-state index contributed by atoms with van der Waals surface area (Å²) in [5.74, 6) is -0.346. The lowest BCUT2D eigenvalue weighted by atomic mass is 10.1. The zero-order valence-electron chi connectivity index (χ0n) is 34.1. The summed E-state index contributed by atoms with van der Waals surface area (Å²) < 4.78 is 34.5. The molecule has 9 heteroatoms. The average molecular weight is 744 g/mol. The van der Waals surface area contributed by atoms with Crippen molar-refractivity contribution >= 4 is 13.8 Å². The number of allylic oxidation sites excluding steroid dienone is 4. The molecule has 0 amide bonds. The minimum atomic E-state index is -4.52. The largest absolute Gasteiger partial charge is 0.756 e. The Bertz CT molecular complexity index is 874. The Labute approximate surface area is 315 Å². The van der Waals surface area contributed by atoms with Crippen molar-refractivity contribution in [3.8, 4) is 0 Å². The SMILES string of the molecule is CCC/C=C\CCCCCCCC(=O)OC(COCCCCCCCCCC/C=C\CCCCCCCCC)COP(=O)([O-])OCC[N+](C)(C)C. The van der Waals surface area contributed by atoms with Gasteiger partial charge in [0.15, 0.2) is 0 Å². The third kappa shape index (κ3) is 40.0. The summed E-state index contributed by atoms with van der Waals surface area (Å²) in [5.41, 5.74) is 0. The van der Waals surface area contributed by atoms with Gasteiger partial charge >= 0.3 is 5.97 Å². The van der Waals surface area contributed by atoms with Crippen molar-refractivity contribution in [2.45, 2.75) is 187 Å². The maximum Gasteiger partial charge on any atom is 0.306 e. The number of quaternary nitrogens is 1. The van der Waals surface area contributed by atoms with Crippen LogP contribution in [0.5, 0.6) is 0 Å². The molecule has 51 heavy (non-hydrogen) atoms. The van der Waals surface area contributed by atoms with Crippen LogP contribution < -0.4 is 4.89 Å². The number of phosphoric acid groups is 1. The van der Waals surface area contributed by atoms with E-state index in [9.17, 15) is 14.3 Å². The number of nitrogens with zero attached hydrogens (tertiary/aromatic N) is 1.